The van der Waals surface area contributed by atoms with Crippen LogP contribution in [0.3, 0.4) is 0 Å². The predicted molar refractivity (Wildman–Crippen MR) is 100.0 cm³/mol. The van der Waals surface area contributed by atoms with Crippen LogP contribution in [-0.2, 0) is 11.2 Å². The molecule has 3 aromatic rings. The summed E-state index contributed by atoms with van der Waals surface area (Å²) in [5, 5.41) is 10.7. The van der Waals surface area contributed by atoms with Crippen molar-refractivity contribution in [3.8, 4) is 0 Å². The van der Waals surface area contributed by atoms with Crippen molar-refractivity contribution in [2.24, 2.45) is 0 Å². The van der Waals surface area contributed by atoms with E-state index in [1.165, 1.54) is 0 Å². The number of rotatable bonds is 4. The quantitative estimate of drug-likeness (QED) is 0.691. The molecule has 136 valence electrons. The fourth-order valence-corrected chi connectivity index (χ4v) is 3.67. The van der Waals surface area contributed by atoms with Gasteiger partial charge >= 0.3 is 5.97 Å². The third-order valence-electron chi connectivity index (χ3n) is 5.04. The van der Waals surface area contributed by atoms with Crippen molar-refractivity contribution in [3.63, 3.8) is 0 Å². The van der Waals surface area contributed by atoms with Gasteiger partial charge in [0.25, 0.3) is 0 Å². The van der Waals surface area contributed by atoms with Gasteiger partial charge in [-0.2, -0.15) is 0 Å². The molecule has 0 saturated heterocycles. The predicted octanol–water partition coefficient (Wildman–Crippen LogP) is 4.58. The third kappa shape index (κ3) is 3.13. The molecule has 0 aromatic heterocycles. The van der Waals surface area contributed by atoms with E-state index in [2.05, 4.69) is 0 Å². The second-order valence-electron chi connectivity index (χ2n) is 6.77. The Balaban J connectivity index is 1.72. The summed E-state index contributed by atoms with van der Waals surface area (Å²) in [4.78, 5) is 12.6. The highest BCUT2D eigenvalue weighted by Gasteiger charge is 2.54. The normalized spacial score (nSPS) is 22.1. The van der Waals surface area contributed by atoms with Crippen LogP contribution in [0.1, 0.15) is 39.3 Å². The molecular weight excluding hydrogens is 343 g/mol. The van der Waals surface area contributed by atoms with E-state index in [0.717, 1.165) is 5.56 Å². The summed E-state index contributed by atoms with van der Waals surface area (Å²) in [6.45, 7) is 0. The Morgan fingerprint density at radius 2 is 1.56 bits per heavy atom. The monoisotopic (exact) mass is 362 g/mol. The number of esters is 1. The summed E-state index contributed by atoms with van der Waals surface area (Å²) in [5.74, 6) is -0.621. The number of carbonyl (C=O) groups excluding carboxylic acids is 1. The lowest BCUT2D eigenvalue weighted by Gasteiger charge is -2.33. The molecule has 3 nitrogen and oxygen atoms in total. The van der Waals surface area contributed by atoms with E-state index in [9.17, 15) is 9.90 Å². The van der Waals surface area contributed by atoms with Crippen molar-refractivity contribution in [2.75, 3.05) is 0 Å². The summed E-state index contributed by atoms with van der Waals surface area (Å²) in [5.41, 5.74) is -0.0285. The minimum Gasteiger partial charge on any atom is -0.450 e. The zero-order valence-electron chi connectivity index (χ0n) is 14.6. The van der Waals surface area contributed by atoms with Gasteiger partial charge in [0, 0.05) is 6.42 Å². The number of aliphatic hydroxyl groups excluding tert-OH is 1. The maximum atomic E-state index is 16.2. The highest BCUT2D eigenvalue weighted by molar-refractivity contribution is 5.89. The van der Waals surface area contributed by atoms with Crippen LogP contribution in [0.4, 0.5) is 4.39 Å². The Kier molecular flexibility index (Phi) is 4.50. The molecule has 0 saturated carbocycles. The molecule has 0 unspecified atom stereocenters. The van der Waals surface area contributed by atoms with Crippen molar-refractivity contribution in [1.82, 2.24) is 0 Å². The molecule has 0 bridgehead atoms. The van der Waals surface area contributed by atoms with Gasteiger partial charge in [-0.15, -0.1) is 0 Å². The number of halogens is 1. The number of fused-ring (bicyclic) bond motifs is 1. The molecule has 0 heterocycles. The van der Waals surface area contributed by atoms with E-state index in [0.29, 0.717) is 16.7 Å². The molecule has 0 aliphatic heterocycles. The molecule has 3 atom stereocenters. The smallest absolute Gasteiger partial charge is 0.338 e. The van der Waals surface area contributed by atoms with Crippen LogP contribution in [0, 0.1) is 0 Å². The zero-order valence-corrected chi connectivity index (χ0v) is 14.6. The highest BCUT2D eigenvalue weighted by atomic mass is 19.1. The largest absolute Gasteiger partial charge is 0.450 e. The molecule has 0 spiro atoms. The van der Waals surface area contributed by atoms with E-state index in [4.69, 9.17) is 4.74 Å². The topological polar surface area (TPSA) is 46.5 Å². The van der Waals surface area contributed by atoms with E-state index >= 15 is 4.39 Å². The molecule has 27 heavy (non-hydrogen) atoms. The van der Waals surface area contributed by atoms with Crippen LogP contribution in [0.5, 0.6) is 0 Å². The maximum Gasteiger partial charge on any atom is 0.338 e. The summed E-state index contributed by atoms with van der Waals surface area (Å²) in [6, 6.07) is 24.3. The molecular formula is C23H19FO3. The van der Waals surface area contributed by atoms with Crippen molar-refractivity contribution in [2.45, 2.75) is 24.3 Å². The number of hydrogen-bond acceptors (Lipinski definition) is 3. The van der Waals surface area contributed by atoms with Gasteiger partial charge in [0.2, 0.25) is 0 Å². The van der Waals surface area contributed by atoms with Gasteiger partial charge in [0.05, 0.1) is 5.56 Å². The molecule has 0 fully saturated rings. The summed E-state index contributed by atoms with van der Waals surface area (Å²) in [6.07, 6.45) is -2.62. The summed E-state index contributed by atoms with van der Waals surface area (Å²) < 4.78 is 21.8. The molecule has 0 radical (unpaired) electrons. The van der Waals surface area contributed by atoms with E-state index < -0.39 is 23.8 Å². The van der Waals surface area contributed by atoms with Crippen molar-refractivity contribution >= 4 is 5.97 Å². The fourth-order valence-electron chi connectivity index (χ4n) is 3.67. The first-order chi connectivity index (χ1) is 13.1. The molecule has 1 aliphatic rings. The van der Waals surface area contributed by atoms with Crippen molar-refractivity contribution < 1.29 is 19.0 Å². The average Bonchev–Trinajstić information content (AvgIpc) is 2.98. The average molecular weight is 362 g/mol. The SMILES string of the molecule is O=C(O[C@@H](c1ccccc1)[C@@]1(F)Cc2ccccc2[C@@H]1O)c1ccccc1. The third-order valence-corrected chi connectivity index (χ3v) is 5.04. The van der Waals surface area contributed by atoms with E-state index in [1.54, 1.807) is 72.8 Å². The van der Waals surface area contributed by atoms with Crippen LogP contribution in [0.15, 0.2) is 84.9 Å². The first kappa shape index (κ1) is 17.4. The van der Waals surface area contributed by atoms with Crippen LogP contribution in [0.2, 0.25) is 0 Å². The van der Waals surface area contributed by atoms with Gasteiger partial charge in [-0.3, -0.25) is 0 Å². The maximum absolute atomic E-state index is 16.2. The number of carbonyl (C=O) groups is 1. The molecule has 0 amide bonds. The lowest BCUT2D eigenvalue weighted by atomic mass is 9.88. The minimum atomic E-state index is -2.14. The number of ether oxygens (including phenoxy) is 1. The van der Waals surface area contributed by atoms with Gasteiger partial charge in [-0.1, -0.05) is 72.8 Å². The Bertz CT molecular complexity index is 942. The standard InChI is InChI=1S/C23H19FO3/c24-23(15-18-13-7-8-14-19(18)20(23)25)21(16-9-3-1-4-10-16)27-22(26)17-11-5-2-6-12-17/h1-14,20-21,25H,15H2/t20-,21-,23+/m0/s1. The first-order valence-corrected chi connectivity index (χ1v) is 8.85. The van der Waals surface area contributed by atoms with Gasteiger partial charge in [-0.05, 0) is 28.8 Å². The lowest BCUT2D eigenvalue weighted by molar-refractivity contribution is -0.0948. The molecule has 1 aliphatic carbocycles. The Morgan fingerprint density at radius 1 is 0.963 bits per heavy atom. The summed E-state index contributed by atoms with van der Waals surface area (Å²) in [7, 11) is 0. The molecule has 4 heteroatoms. The number of aliphatic hydroxyl groups is 1. The van der Waals surface area contributed by atoms with E-state index in [-0.39, 0.29) is 6.42 Å². The Hall–Kier alpha value is -2.98. The molecule has 4 rings (SSSR count). The molecule has 1 N–H and O–H groups in total. The van der Waals surface area contributed by atoms with Gasteiger partial charge in [0.1, 0.15) is 6.10 Å². The number of hydrogen-bond donors (Lipinski definition) is 1. The van der Waals surface area contributed by atoms with Crippen LogP contribution < -0.4 is 0 Å². The molecule has 3 aromatic carbocycles. The van der Waals surface area contributed by atoms with Crippen molar-refractivity contribution in [3.05, 3.63) is 107 Å². The van der Waals surface area contributed by atoms with E-state index in [1.807, 2.05) is 12.1 Å². The zero-order chi connectivity index (χ0) is 18.9. The second kappa shape index (κ2) is 6.97. The van der Waals surface area contributed by atoms with Gasteiger partial charge in [-0.25, -0.2) is 9.18 Å². The Labute approximate surface area is 157 Å². The lowest BCUT2D eigenvalue weighted by Crippen LogP contribution is -2.38. The first-order valence-electron chi connectivity index (χ1n) is 8.85. The van der Waals surface area contributed by atoms with Gasteiger partial charge in [0.15, 0.2) is 11.8 Å². The van der Waals surface area contributed by atoms with Crippen LogP contribution in [-0.4, -0.2) is 16.7 Å². The Morgan fingerprint density at radius 3 is 2.22 bits per heavy atom. The second-order valence-corrected chi connectivity index (χ2v) is 6.77. The van der Waals surface area contributed by atoms with Crippen LogP contribution in [0.25, 0.3) is 0 Å². The summed E-state index contributed by atoms with van der Waals surface area (Å²) >= 11 is 0. The highest BCUT2D eigenvalue weighted by Crippen LogP contribution is 2.50. The van der Waals surface area contributed by atoms with Gasteiger partial charge < -0.3 is 9.84 Å². The number of alkyl halides is 1. The fraction of sp³-hybridized carbons (Fsp3) is 0.174. The van der Waals surface area contributed by atoms with Crippen LogP contribution >= 0.6 is 0 Å². The minimum absolute atomic E-state index is 0.0219. The van der Waals surface area contributed by atoms with Crippen molar-refractivity contribution in [1.29, 1.82) is 0 Å². The number of benzene rings is 3.